The molecule has 1 heterocycles. The average molecular weight is 374 g/mol. The van der Waals surface area contributed by atoms with Crippen molar-refractivity contribution in [3.05, 3.63) is 64.1 Å². The maximum Gasteiger partial charge on any atom is 0.334 e. The van der Waals surface area contributed by atoms with Crippen LogP contribution >= 0.6 is 15.9 Å². The van der Waals surface area contributed by atoms with Gasteiger partial charge in [-0.2, -0.15) is 0 Å². The van der Waals surface area contributed by atoms with Crippen LogP contribution in [0, 0.1) is 0 Å². The molecule has 0 fully saturated rings. The van der Waals surface area contributed by atoms with Crippen molar-refractivity contribution in [1.82, 2.24) is 4.90 Å². The van der Waals surface area contributed by atoms with Crippen molar-refractivity contribution in [2.75, 3.05) is 0 Å². The summed E-state index contributed by atoms with van der Waals surface area (Å²) in [6.07, 6.45) is 0. The van der Waals surface area contributed by atoms with Crippen LogP contribution < -0.4 is 4.74 Å². The number of esters is 1. The van der Waals surface area contributed by atoms with Crippen molar-refractivity contribution < 1.29 is 19.1 Å². The molecule has 116 valence electrons. The summed E-state index contributed by atoms with van der Waals surface area (Å²) in [6.45, 7) is 1.48. The quantitative estimate of drug-likeness (QED) is 0.471. The Kier molecular flexibility index (Phi) is 4.00. The fourth-order valence-electron chi connectivity index (χ4n) is 2.37. The van der Waals surface area contributed by atoms with Crippen molar-refractivity contribution in [2.45, 2.75) is 13.0 Å². The van der Waals surface area contributed by atoms with Gasteiger partial charge < -0.3 is 4.74 Å². The van der Waals surface area contributed by atoms with Crippen LogP contribution in [-0.2, 0) is 4.79 Å². The van der Waals surface area contributed by atoms with Gasteiger partial charge in [0.25, 0.3) is 11.8 Å². The molecule has 0 saturated heterocycles. The van der Waals surface area contributed by atoms with Crippen LogP contribution in [0.25, 0.3) is 0 Å². The molecule has 2 aromatic rings. The van der Waals surface area contributed by atoms with Crippen LogP contribution in [0.2, 0.25) is 0 Å². The number of hydrogen-bond acceptors (Lipinski definition) is 4. The molecule has 0 radical (unpaired) electrons. The SMILES string of the molecule is CC(C(=O)Oc1ccc(Br)cc1)N1C(=O)c2ccccc2C1=O. The minimum atomic E-state index is -1.01. The highest BCUT2D eigenvalue weighted by Gasteiger charge is 2.41. The minimum absolute atomic E-state index is 0.306. The molecule has 1 aliphatic rings. The number of hydrogen-bond donors (Lipinski definition) is 0. The molecule has 3 rings (SSSR count). The summed E-state index contributed by atoms with van der Waals surface area (Å²) in [4.78, 5) is 37.9. The lowest BCUT2D eigenvalue weighted by Crippen LogP contribution is -2.44. The lowest BCUT2D eigenvalue weighted by Gasteiger charge is -2.20. The first-order chi connectivity index (χ1) is 11.0. The van der Waals surface area contributed by atoms with E-state index in [0.717, 1.165) is 9.37 Å². The third-order valence-electron chi connectivity index (χ3n) is 3.59. The molecule has 0 spiro atoms. The first-order valence-electron chi connectivity index (χ1n) is 6.93. The number of amides is 2. The van der Waals surface area contributed by atoms with Gasteiger partial charge >= 0.3 is 5.97 Å². The van der Waals surface area contributed by atoms with Gasteiger partial charge in [0.15, 0.2) is 0 Å². The third-order valence-corrected chi connectivity index (χ3v) is 4.11. The van der Waals surface area contributed by atoms with Gasteiger partial charge in [0.2, 0.25) is 0 Å². The third kappa shape index (κ3) is 2.77. The molecule has 0 N–H and O–H groups in total. The van der Waals surface area contributed by atoms with E-state index in [1.54, 1.807) is 48.5 Å². The average Bonchev–Trinajstić information content (AvgIpc) is 2.81. The zero-order chi connectivity index (χ0) is 16.6. The lowest BCUT2D eigenvalue weighted by molar-refractivity contribution is -0.138. The number of ether oxygens (including phenoxy) is 1. The normalized spacial score (nSPS) is 14.6. The van der Waals surface area contributed by atoms with Crippen LogP contribution in [0.4, 0.5) is 0 Å². The summed E-state index contributed by atoms with van der Waals surface area (Å²) in [5, 5.41) is 0. The number of carbonyl (C=O) groups excluding carboxylic acids is 3. The Labute approximate surface area is 141 Å². The predicted molar refractivity (Wildman–Crippen MR) is 86.2 cm³/mol. The Morgan fingerprint density at radius 1 is 1.00 bits per heavy atom. The van der Waals surface area contributed by atoms with E-state index in [4.69, 9.17) is 4.74 Å². The Hall–Kier alpha value is -2.47. The van der Waals surface area contributed by atoms with Gasteiger partial charge in [-0.3, -0.25) is 14.5 Å². The Balaban J connectivity index is 1.79. The summed E-state index contributed by atoms with van der Waals surface area (Å²) in [6, 6.07) is 12.2. The minimum Gasteiger partial charge on any atom is -0.425 e. The second-order valence-corrected chi connectivity index (χ2v) is 5.99. The zero-order valence-corrected chi connectivity index (χ0v) is 13.7. The maximum absolute atomic E-state index is 12.3. The van der Waals surface area contributed by atoms with Crippen molar-refractivity contribution in [3.63, 3.8) is 0 Å². The monoisotopic (exact) mass is 373 g/mol. The van der Waals surface area contributed by atoms with Crippen LogP contribution in [0.3, 0.4) is 0 Å². The highest BCUT2D eigenvalue weighted by atomic mass is 79.9. The van der Waals surface area contributed by atoms with Gasteiger partial charge in [-0.05, 0) is 43.3 Å². The number of carbonyl (C=O) groups is 3. The van der Waals surface area contributed by atoms with Crippen LogP contribution in [0.1, 0.15) is 27.6 Å². The highest BCUT2D eigenvalue weighted by molar-refractivity contribution is 9.10. The first kappa shape index (κ1) is 15.4. The van der Waals surface area contributed by atoms with Crippen molar-refractivity contribution in [2.24, 2.45) is 0 Å². The molecule has 2 aromatic carbocycles. The van der Waals surface area contributed by atoms with Crippen LogP contribution in [-0.4, -0.2) is 28.7 Å². The van der Waals surface area contributed by atoms with Gasteiger partial charge in [-0.15, -0.1) is 0 Å². The van der Waals surface area contributed by atoms with Crippen LogP contribution in [0.5, 0.6) is 5.75 Å². The molecular formula is C17H12BrNO4. The molecule has 0 aliphatic carbocycles. The topological polar surface area (TPSA) is 63.7 Å². The van der Waals surface area contributed by atoms with E-state index in [-0.39, 0.29) is 0 Å². The van der Waals surface area contributed by atoms with E-state index in [2.05, 4.69) is 15.9 Å². The second kappa shape index (κ2) is 5.96. The van der Waals surface area contributed by atoms with Crippen molar-refractivity contribution in [3.8, 4) is 5.75 Å². The fourth-order valence-corrected chi connectivity index (χ4v) is 2.63. The van der Waals surface area contributed by atoms with Gasteiger partial charge in [-0.1, -0.05) is 28.1 Å². The number of imide groups is 1. The van der Waals surface area contributed by atoms with Crippen molar-refractivity contribution >= 4 is 33.7 Å². The van der Waals surface area contributed by atoms with Gasteiger partial charge in [0, 0.05) is 4.47 Å². The second-order valence-electron chi connectivity index (χ2n) is 5.08. The largest absolute Gasteiger partial charge is 0.425 e. The van der Waals surface area contributed by atoms with Gasteiger partial charge in [-0.25, -0.2) is 4.79 Å². The highest BCUT2D eigenvalue weighted by Crippen LogP contribution is 2.25. The van der Waals surface area contributed by atoms with E-state index in [1.807, 2.05) is 0 Å². The predicted octanol–water partition coefficient (Wildman–Crippen LogP) is 3.04. The molecule has 6 heteroatoms. The molecular weight excluding hydrogens is 362 g/mol. The van der Waals surface area contributed by atoms with Crippen LogP contribution in [0.15, 0.2) is 53.0 Å². The number of fused-ring (bicyclic) bond motifs is 1. The zero-order valence-electron chi connectivity index (χ0n) is 12.2. The Bertz CT molecular complexity index is 765. The number of nitrogens with zero attached hydrogens (tertiary/aromatic N) is 1. The van der Waals surface area contributed by atoms with Gasteiger partial charge in [0.05, 0.1) is 11.1 Å². The molecule has 23 heavy (non-hydrogen) atoms. The summed E-state index contributed by atoms with van der Waals surface area (Å²) in [5.74, 6) is -1.28. The van der Waals surface area contributed by atoms with Crippen molar-refractivity contribution in [1.29, 1.82) is 0 Å². The lowest BCUT2D eigenvalue weighted by atomic mass is 10.1. The Morgan fingerprint density at radius 3 is 2.04 bits per heavy atom. The van der Waals surface area contributed by atoms with E-state index in [1.165, 1.54) is 6.92 Å². The van der Waals surface area contributed by atoms with E-state index in [9.17, 15) is 14.4 Å². The number of halogens is 1. The smallest absolute Gasteiger partial charge is 0.334 e. The molecule has 1 unspecified atom stereocenters. The molecule has 1 aliphatic heterocycles. The molecule has 2 amide bonds. The molecule has 1 atom stereocenters. The van der Waals surface area contributed by atoms with E-state index >= 15 is 0 Å². The van der Waals surface area contributed by atoms with E-state index < -0.39 is 23.8 Å². The summed E-state index contributed by atoms with van der Waals surface area (Å²) >= 11 is 3.29. The summed E-state index contributed by atoms with van der Waals surface area (Å²) in [7, 11) is 0. The standard InChI is InChI=1S/C17H12BrNO4/c1-10(17(22)23-12-8-6-11(18)7-9-12)19-15(20)13-4-2-3-5-14(13)16(19)21/h2-10H,1H3. The molecule has 0 bridgehead atoms. The molecule has 0 saturated carbocycles. The Morgan fingerprint density at radius 2 is 1.52 bits per heavy atom. The summed E-state index contributed by atoms with van der Waals surface area (Å²) in [5.41, 5.74) is 0.613. The van der Waals surface area contributed by atoms with E-state index in [0.29, 0.717) is 16.9 Å². The fraction of sp³-hybridized carbons (Fsp3) is 0.118. The summed E-state index contributed by atoms with van der Waals surface area (Å²) < 4.78 is 6.09. The molecule has 5 nitrogen and oxygen atoms in total. The maximum atomic E-state index is 12.3. The first-order valence-corrected chi connectivity index (χ1v) is 7.72. The van der Waals surface area contributed by atoms with Gasteiger partial charge in [0.1, 0.15) is 11.8 Å². The molecule has 0 aromatic heterocycles. The number of rotatable bonds is 3. The number of benzene rings is 2.